The molecule has 8 heteroatoms. The summed E-state index contributed by atoms with van der Waals surface area (Å²) in [5.41, 5.74) is 2.58. The number of hydrogen-bond donors (Lipinski definition) is 2. The lowest BCUT2D eigenvalue weighted by atomic mass is 10.1. The molecule has 0 unspecified atom stereocenters. The lowest BCUT2D eigenvalue weighted by Crippen LogP contribution is -2.36. The van der Waals surface area contributed by atoms with E-state index in [2.05, 4.69) is 25.4 Å². The fraction of sp³-hybridized carbons (Fsp3) is 0.250. The standard InChI is InChI=1S/C20H20N6O2/c1-27-14-3-4-17-15(10-14)16-12-22-25-19(16)20(24-17)23-13-2-5-18(21-11-13)26-6-8-28-9-7-26/h2-5,10-12H,6-9H2,1H3,(H,22,25)(H,23,24). The average Bonchev–Trinajstić information content (AvgIpc) is 3.25. The van der Waals surface area contributed by atoms with Gasteiger partial charge in [-0.15, -0.1) is 0 Å². The van der Waals surface area contributed by atoms with Crippen LogP contribution in [0.1, 0.15) is 0 Å². The van der Waals surface area contributed by atoms with Crippen LogP contribution in [0.25, 0.3) is 21.8 Å². The van der Waals surface area contributed by atoms with Gasteiger partial charge in [-0.3, -0.25) is 5.10 Å². The molecule has 1 fully saturated rings. The first-order chi connectivity index (χ1) is 13.8. The molecule has 0 atom stereocenters. The number of aromatic amines is 1. The number of anilines is 3. The summed E-state index contributed by atoms with van der Waals surface area (Å²) >= 11 is 0. The number of rotatable bonds is 4. The first-order valence-corrected chi connectivity index (χ1v) is 9.18. The molecule has 0 aliphatic carbocycles. The van der Waals surface area contributed by atoms with E-state index in [9.17, 15) is 0 Å². The van der Waals surface area contributed by atoms with E-state index in [0.717, 1.165) is 65.4 Å². The molecule has 142 valence electrons. The number of morpholine rings is 1. The largest absolute Gasteiger partial charge is 0.497 e. The van der Waals surface area contributed by atoms with Crippen molar-refractivity contribution in [2.45, 2.75) is 0 Å². The molecule has 28 heavy (non-hydrogen) atoms. The van der Waals surface area contributed by atoms with Crippen LogP contribution in [0.15, 0.2) is 42.7 Å². The Hall–Kier alpha value is -3.39. The van der Waals surface area contributed by atoms with E-state index in [1.54, 1.807) is 7.11 Å². The molecule has 1 saturated heterocycles. The molecule has 1 aliphatic heterocycles. The fourth-order valence-electron chi connectivity index (χ4n) is 3.47. The topological polar surface area (TPSA) is 88.2 Å². The maximum Gasteiger partial charge on any atom is 0.157 e. The molecule has 1 aliphatic rings. The number of hydrogen-bond acceptors (Lipinski definition) is 7. The summed E-state index contributed by atoms with van der Waals surface area (Å²) in [6, 6.07) is 9.86. The summed E-state index contributed by atoms with van der Waals surface area (Å²) in [6.45, 7) is 3.21. The van der Waals surface area contributed by atoms with Crippen LogP contribution >= 0.6 is 0 Å². The first-order valence-electron chi connectivity index (χ1n) is 9.18. The van der Waals surface area contributed by atoms with E-state index in [-0.39, 0.29) is 0 Å². The van der Waals surface area contributed by atoms with Crippen LogP contribution < -0.4 is 15.0 Å². The summed E-state index contributed by atoms with van der Waals surface area (Å²) in [7, 11) is 1.66. The Labute approximate surface area is 161 Å². The third kappa shape index (κ3) is 2.97. The summed E-state index contributed by atoms with van der Waals surface area (Å²) in [4.78, 5) is 11.6. The zero-order chi connectivity index (χ0) is 18.9. The molecule has 0 bridgehead atoms. The van der Waals surface area contributed by atoms with Crippen LogP contribution in [0.4, 0.5) is 17.3 Å². The minimum atomic E-state index is 0.714. The van der Waals surface area contributed by atoms with Crippen LogP contribution in [0.2, 0.25) is 0 Å². The van der Waals surface area contributed by atoms with Crippen molar-refractivity contribution in [1.82, 2.24) is 20.2 Å². The van der Waals surface area contributed by atoms with Crippen molar-refractivity contribution in [3.05, 3.63) is 42.7 Å². The Morgan fingerprint density at radius 3 is 2.79 bits per heavy atom. The van der Waals surface area contributed by atoms with Crippen molar-refractivity contribution in [2.75, 3.05) is 43.6 Å². The quantitative estimate of drug-likeness (QED) is 0.566. The van der Waals surface area contributed by atoms with E-state index < -0.39 is 0 Å². The van der Waals surface area contributed by atoms with E-state index in [0.29, 0.717) is 5.82 Å². The Balaban J connectivity index is 1.48. The van der Waals surface area contributed by atoms with Gasteiger partial charge in [0.1, 0.15) is 17.1 Å². The zero-order valence-electron chi connectivity index (χ0n) is 15.5. The highest BCUT2D eigenvalue weighted by atomic mass is 16.5. The number of H-pyrrole nitrogens is 1. The van der Waals surface area contributed by atoms with Gasteiger partial charge < -0.3 is 19.7 Å². The molecule has 4 aromatic rings. The van der Waals surface area contributed by atoms with E-state index in [1.807, 2.05) is 42.7 Å². The summed E-state index contributed by atoms with van der Waals surface area (Å²) < 4.78 is 10.7. The predicted molar refractivity (Wildman–Crippen MR) is 108 cm³/mol. The number of nitrogens with one attached hydrogen (secondary N) is 2. The monoisotopic (exact) mass is 376 g/mol. The van der Waals surface area contributed by atoms with Gasteiger partial charge >= 0.3 is 0 Å². The highest BCUT2D eigenvalue weighted by Crippen LogP contribution is 2.31. The third-order valence-corrected chi connectivity index (χ3v) is 4.95. The van der Waals surface area contributed by atoms with E-state index in [4.69, 9.17) is 14.5 Å². The molecule has 4 heterocycles. The van der Waals surface area contributed by atoms with Gasteiger partial charge in [0.15, 0.2) is 5.82 Å². The second kappa shape index (κ2) is 6.97. The van der Waals surface area contributed by atoms with Crippen LogP contribution in [0.5, 0.6) is 5.75 Å². The fourth-order valence-corrected chi connectivity index (χ4v) is 3.47. The second-order valence-electron chi connectivity index (χ2n) is 6.63. The van der Waals surface area contributed by atoms with Crippen molar-refractivity contribution < 1.29 is 9.47 Å². The molecule has 3 aromatic heterocycles. The molecular formula is C20H20N6O2. The second-order valence-corrected chi connectivity index (χ2v) is 6.63. The van der Waals surface area contributed by atoms with Gasteiger partial charge in [0.2, 0.25) is 0 Å². The summed E-state index contributed by atoms with van der Waals surface area (Å²) in [5, 5.41) is 12.6. The minimum Gasteiger partial charge on any atom is -0.497 e. The predicted octanol–water partition coefficient (Wildman–Crippen LogP) is 3.09. The summed E-state index contributed by atoms with van der Waals surface area (Å²) in [6.07, 6.45) is 3.64. The maximum absolute atomic E-state index is 5.40. The third-order valence-electron chi connectivity index (χ3n) is 4.95. The average molecular weight is 376 g/mol. The Bertz CT molecular complexity index is 1120. The number of nitrogens with zero attached hydrogens (tertiary/aromatic N) is 4. The van der Waals surface area contributed by atoms with Crippen molar-refractivity contribution in [1.29, 1.82) is 0 Å². The zero-order valence-corrected chi connectivity index (χ0v) is 15.5. The van der Waals surface area contributed by atoms with Crippen molar-refractivity contribution in [3.8, 4) is 5.75 Å². The molecule has 2 N–H and O–H groups in total. The molecule has 0 amide bonds. The lowest BCUT2D eigenvalue weighted by molar-refractivity contribution is 0.122. The van der Waals surface area contributed by atoms with Crippen LogP contribution in [-0.4, -0.2) is 53.6 Å². The number of methoxy groups -OCH3 is 1. The number of pyridine rings is 2. The highest BCUT2D eigenvalue weighted by molar-refractivity contribution is 6.09. The maximum atomic E-state index is 5.40. The molecule has 0 radical (unpaired) electrons. The van der Waals surface area contributed by atoms with Crippen LogP contribution in [-0.2, 0) is 4.74 Å². The molecule has 1 aromatic carbocycles. The number of ether oxygens (including phenoxy) is 2. The van der Waals surface area contributed by atoms with Crippen LogP contribution in [0.3, 0.4) is 0 Å². The van der Waals surface area contributed by atoms with E-state index in [1.165, 1.54) is 0 Å². The van der Waals surface area contributed by atoms with Crippen molar-refractivity contribution in [2.24, 2.45) is 0 Å². The molecule has 0 saturated carbocycles. The number of benzene rings is 1. The van der Waals surface area contributed by atoms with Crippen LogP contribution in [0, 0.1) is 0 Å². The number of fused-ring (bicyclic) bond motifs is 3. The Morgan fingerprint density at radius 2 is 2.00 bits per heavy atom. The van der Waals surface area contributed by atoms with Gasteiger partial charge in [0.25, 0.3) is 0 Å². The van der Waals surface area contributed by atoms with Gasteiger partial charge in [-0.05, 0) is 30.3 Å². The SMILES string of the molecule is COc1ccc2nc(Nc3ccc(N4CCOCC4)nc3)c3[nH]ncc3c2c1. The van der Waals surface area contributed by atoms with Gasteiger partial charge in [-0.25, -0.2) is 9.97 Å². The minimum absolute atomic E-state index is 0.714. The van der Waals surface area contributed by atoms with E-state index >= 15 is 0 Å². The van der Waals surface area contributed by atoms with Gasteiger partial charge in [0, 0.05) is 23.9 Å². The molecule has 8 nitrogen and oxygen atoms in total. The van der Waals surface area contributed by atoms with Gasteiger partial charge in [0.05, 0.1) is 43.9 Å². The molecule has 5 rings (SSSR count). The number of aromatic nitrogens is 4. The Morgan fingerprint density at radius 1 is 1.11 bits per heavy atom. The highest BCUT2D eigenvalue weighted by Gasteiger charge is 2.14. The van der Waals surface area contributed by atoms with Crippen molar-refractivity contribution in [3.63, 3.8) is 0 Å². The molecular weight excluding hydrogens is 356 g/mol. The van der Waals surface area contributed by atoms with Gasteiger partial charge in [-0.1, -0.05) is 0 Å². The summed E-state index contributed by atoms with van der Waals surface area (Å²) in [5.74, 6) is 2.46. The normalized spacial score (nSPS) is 14.5. The first kappa shape index (κ1) is 16.8. The van der Waals surface area contributed by atoms with Crippen molar-refractivity contribution >= 4 is 39.1 Å². The van der Waals surface area contributed by atoms with Gasteiger partial charge in [-0.2, -0.15) is 5.10 Å². The Kier molecular flexibility index (Phi) is 4.17. The smallest absolute Gasteiger partial charge is 0.157 e. The lowest BCUT2D eigenvalue weighted by Gasteiger charge is -2.27. The molecule has 0 spiro atoms.